The van der Waals surface area contributed by atoms with Crippen LogP contribution in [0.4, 0.5) is 5.69 Å². The highest BCUT2D eigenvalue weighted by molar-refractivity contribution is 6.04. The Labute approximate surface area is 184 Å². The van der Waals surface area contributed by atoms with Gasteiger partial charge < -0.3 is 10.2 Å². The predicted molar refractivity (Wildman–Crippen MR) is 120 cm³/mol. The van der Waals surface area contributed by atoms with Crippen molar-refractivity contribution in [3.8, 4) is 11.3 Å². The minimum Gasteiger partial charge on any atom is -0.339 e. The number of hydrogen-bond donors (Lipinski definition) is 1. The first kappa shape index (κ1) is 19.9. The van der Waals surface area contributed by atoms with E-state index in [0.29, 0.717) is 16.8 Å². The number of nitrogens with one attached hydrogen (secondary N) is 1. The van der Waals surface area contributed by atoms with Crippen LogP contribution in [0.2, 0.25) is 0 Å². The normalized spacial score (nSPS) is 13.8. The maximum absolute atomic E-state index is 13.0. The molecule has 0 radical (unpaired) electrons. The van der Waals surface area contributed by atoms with Gasteiger partial charge in [-0.25, -0.2) is 4.52 Å². The smallest absolute Gasteiger partial charge is 0.257 e. The summed E-state index contributed by atoms with van der Waals surface area (Å²) in [5.74, 6) is -0.240. The molecule has 0 atom stereocenters. The molecule has 0 aromatic carbocycles. The van der Waals surface area contributed by atoms with Gasteiger partial charge in [-0.1, -0.05) is 6.07 Å². The Morgan fingerprint density at radius 3 is 2.59 bits per heavy atom. The van der Waals surface area contributed by atoms with Crippen LogP contribution in [0, 0.1) is 0 Å². The van der Waals surface area contributed by atoms with Crippen LogP contribution in [0.3, 0.4) is 0 Å². The molecule has 1 aliphatic heterocycles. The van der Waals surface area contributed by atoms with E-state index in [9.17, 15) is 9.59 Å². The summed E-state index contributed by atoms with van der Waals surface area (Å²) in [6.45, 7) is 1.58. The van der Waals surface area contributed by atoms with E-state index in [1.807, 2.05) is 29.2 Å². The van der Waals surface area contributed by atoms with Crippen molar-refractivity contribution in [3.05, 3.63) is 78.5 Å². The first-order valence-corrected chi connectivity index (χ1v) is 10.6. The monoisotopic (exact) mass is 426 g/mol. The number of carbonyl (C=O) groups excluding carboxylic acids is 2. The number of pyridine rings is 3. The van der Waals surface area contributed by atoms with Crippen molar-refractivity contribution < 1.29 is 9.59 Å². The summed E-state index contributed by atoms with van der Waals surface area (Å²) in [5.41, 5.74) is 3.94. The minimum atomic E-state index is -0.260. The Morgan fingerprint density at radius 2 is 1.78 bits per heavy atom. The van der Waals surface area contributed by atoms with E-state index in [2.05, 4.69) is 20.4 Å². The van der Waals surface area contributed by atoms with E-state index < -0.39 is 0 Å². The van der Waals surface area contributed by atoms with Gasteiger partial charge in [-0.05, 0) is 49.6 Å². The van der Waals surface area contributed by atoms with Crippen molar-refractivity contribution in [1.29, 1.82) is 0 Å². The maximum atomic E-state index is 13.0. The molecule has 8 nitrogen and oxygen atoms in total. The fourth-order valence-corrected chi connectivity index (χ4v) is 4.01. The van der Waals surface area contributed by atoms with Crippen LogP contribution in [-0.4, -0.2) is 49.4 Å². The first-order chi connectivity index (χ1) is 15.7. The highest BCUT2D eigenvalue weighted by atomic mass is 16.2. The van der Waals surface area contributed by atoms with Crippen molar-refractivity contribution in [3.63, 3.8) is 0 Å². The van der Waals surface area contributed by atoms with Crippen LogP contribution < -0.4 is 5.32 Å². The Morgan fingerprint density at radius 1 is 0.906 bits per heavy atom. The molecule has 4 aromatic heterocycles. The second-order valence-corrected chi connectivity index (χ2v) is 7.78. The Balaban J connectivity index is 1.45. The average Bonchev–Trinajstić information content (AvgIpc) is 3.29. The molecule has 160 valence electrons. The van der Waals surface area contributed by atoms with Gasteiger partial charge in [0.2, 0.25) is 0 Å². The Hall–Kier alpha value is -4.07. The lowest BCUT2D eigenvalue weighted by atomic mass is 10.1. The number of piperidine rings is 1. The molecular weight excluding hydrogens is 404 g/mol. The zero-order valence-electron chi connectivity index (χ0n) is 17.4. The predicted octanol–water partition coefficient (Wildman–Crippen LogP) is 3.67. The molecule has 4 aromatic rings. The van der Waals surface area contributed by atoms with Gasteiger partial charge in [-0.3, -0.25) is 19.6 Å². The van der Waals surface area contributed by atoms with Gasteiger partial charge in [0.25, 0.3) is 11.8 Å². The second kappa shape index (κ2) is 8.58. The van der Waals surface area contributed by atoms with E-state index in [-0.39, 0.29) is 11.8 Å². The van der Waals surface area contributed by atoms with Gasteiger partial charge in [0.1, 0.15) is 0 Å². The molecule has 5 heterocycles. The summed E-state index contributed by atoms with van der Waals surface area (Å²) >= 11 is 0. The van der Waals surface area contributed by atoms with E-state index in [4.69, 9.17) is 0 Å². The van der Waals surface area contributed by atoms with Crippen molar-refractivity contribution in [1.82, 2.24) is 24.5 Å². The van der Waals surface area contributed by atoms with E-state index in [1.54, 1.807) is 41.4 Å². The maximum Gasteiger partial charge on any atom is 0.257 e. The third kappa shape index (κ3) is 3.82. The summed E-state index contributed by atoms with van der Waals surface area (Å²) in [6, 6.07) is 11.0. The first-order valence-electron chi connectivity index (χ1n) is 10.6. The number of amides is 2. The van der Waals surface area contributed by atoms with Gasteiger partial charge in [-0.2, -0.15) is 5.10 Å². The number of carbonyl (C=O) groups is 2. The number of hydrogen-bond acceptors (Lipinski definition) is 5. The molecule has 1 N–H and O–H groups in total. The van der Waals surface area contributed by atoms with Crippen molar-refractivity contribution in [2.24, 2.45) is 0 Å². The van der Waals surface area contributed by atoms with Crippen molar-refractivity contribution in [2.45, 2.75) is 19.3 Å². The molecule has 1 saturated heterocycles. The number of rotatable bonds is 4. The molecular formula is C24H22N6O2. The molecule has 1 fully saturated rings. The molecule has 0 unspecified atom stereocenters. The summed E-state index contributed by atoms with van der Waals surface area (Å²) in [4.78, 5) is 35.7. The topological polar surface area (TPSA) is 92.5 Å². The van der Waals surface area contributed by atoms with Crippen LogP contribution in [0.5, 0.6) is 0 Å². The highest BCUT2D eigenvalue weighted by Gasteiger charge is 2.22. The van der Waals surface area contributed by atoms with Crippen molar-refractivity contribution in [2.75, 3.05) is 18.4 Å². The van der Waals surface area contributed by atoms with Gasteiger partial charge in [0.15, 0.2) is 0 Å². The zero-order chi connectivity index (χ0) is 21.9. The van der Waals surface area contributed by atoms with Crippen LogP contribution in [0.25, 0.3) is 16.8 Å². The number of aromatic nitrogens is 4. The van der Waals surface area contributed by atoms with Gasteiger partial charge in [0, 0.05) is 37.2 Å². The van der Waals surface area contributed by atoms with Gasteiger partial charge in [-0.15, -0.1) is 0 Å². The lowest BCUT2D eigenvalue weighted by Gasteiger charge is -2.26. The molecule has 1 aliphatic rings. The molecule has 32 heavy (non-hydrogen) atoms. The Bertz CT molecular complexity index is 1280. The van der Waals surface area contributed by atoms with Gasteiger partial charge >= 0.3 is 0 Å². The third-order valence-electron chi connectivity index (χ3n) is 5.63. The number of anilines is 1. The summed E-state index contributed by atoms with van der Waals surface area (Å²) < 4.78 is 1.75. The molecule has 0 bridgehead atoms. The lowest BCUT2D eigenvalue weighted by Crippen LogP contribution is -2.35. The van der Waals surface area contributed by atoms with E-state index >= 15 is 0 Å². The molecule has 2 amide bonds. The quantitative estimate of drug-likeness (QED) is 0.538. The minimum absolute atomic E-state index is 0.0208. The van der Waals surface area contributed by atoms with Gasteiger partial charge in [0.05, 0.1) is 40.4 Å². The van der Waals surface area contributed by atoms with Crippen molar-refractivity contribution >= 4 is 23.0 Å². The fourth-order valence-electron chi connectivity index (χ4n) is 4.01. The number of nitrogens with zero attached hydrogens (tertiary/aromatic N) is 5. The highest BCUT2D eigenvalue weighted by Crippen LogP contribution is 2.25. The van der Waals surface area contributed by atoms with E-state index in [1.165, 1.54) is 12.6 Å². The largest absolute Gasteiger partial charge is 0.339 e. The third-order valence-corrected chi connectivity index (χ3v) is 5.63. The van der Waals surface area contributed by atoms with Crippen LogP contribution in [0.1, 0.15) is 40.0 Å². The molecule has 0 aliphatic carbocycles. The Kier molecular flexibility index (Phi) is 5.33. The summed E-state index contributed by atoms with van der Waals surface area (Å²) in [7, 11) is 0. The lowest BCUT2D eigenvalue weighted by molar-refractivity contribution is 0.0726. The number of likely N-dealkylation sites (tertiary alicyclic amines) is 1. The van der Waals surface area contributed by atoms with E-state index in [0.717, 1.165) is 42.7 Å². The van der Waals surface area contributed by atoms with Crippen LogP contribution in [-0.2, 0) is 0 Å². The molecule has 0 spiro atoms. The van der Waals surface area contributed by atoms with Crippen LogP contribution in [0.15, 0.2) is 67.4 Å². The summed E-state index contributed by atoms with van der Waals surface area (Å²) in [5, 5.41) is 7.35. The SMILES string of the molecule is O=C(Nc1cncc(-c2cccc3c(C(=O)N4CCCCC4)cnn23)c1)c1cccnc1. The average molecular weight is 426 g/mol. The fraction of sp³-hybridized carbons (Fsp3) is 0.208. The van der Waals surface area contributed by atoms with Crippen LogP contribution >= 0.6 is 0 Å². The molecule has 5 rings (SSSR count). The summed E-state index contributed by atoms with van der Waals surface area (Å²) in [6.07, 6.45) is 11.3. The standard InChI is InChI=1S/C24H22N6O2/c31-23(17-6-5-9-25-13-17)28-19-12-18(14-26-15-19)21-7-4-8-22-20(16-27-30(21)22)24(32)29-10-2-1-3-11-29/h4-9,12-16H,1-3,10-11H2,(H,28,31). The molecule has 0 saturated carbocycles. The molecule has 8 heteroatoms. The number of fused-ring (bicyclic) bond motifs is 1. The second-order valence-electron chi connectivity index (χ2n) is 7.78. The zero-order valence-corrected chi connectivity index (χ0v) is 17.4.